The Kier molecular flexibility index (Phi) is 5.63. The lowest BCUT2D eigenvalue weighted by Crippen LogP contribution is -2.39. The van der Waals surface area contributed by atoms with E-state index in [4.69, 9.17) is 4.74 Å². The second-order valence-corrected chi connectivity index (χ2v) is 6.59. The van der Waals surface area contributed by atoms with Crippen LogP contribution >= 0.6 is 0 Å². The Balaban J connectivity index is 1.67. The molecule has 1 aliphatic rings. The number of nitrogens with one attached hydrogen (secondary N) is 1. The molecule has 3 rings (SSSR count). The van der Waals surface area contributed by atoms with Gasteiger partial charge in [-0.1, -0.05) is 17.7 Å². The van der Waals surface area contributed by atoms with Crippen molar-refractivity contribution in [1.29, 1.82) is 0 Å². The first-order valence-electron chi connectivity index (χ1n) is 9.14. The highest BCUT2D eigenvalue weighted by molar-refractivity contribution is 6.16. The van der Waals surface area contributed by atoms with Crippen LogP contribution in [-0.4, -0.2) is 41.9 Å². The van der Waals surface area contributed by atoms with Crippen LogP contribution in [0, 0.1) is 6.92 Å². The molecule has 1 fully saturated rings. The van der Waals surface area contributed by atoms with E-state index in [0.29, 0.717) is 23.7 Å². The molecule has 7 nitrogen and oxygen atoms in total. The molecule has 0 bridgehead atoms. The van der Waals surface area contributed by atoms with E-state index in [9.17, 15) is 14.4 Å². The third-order valence-electron chi connectivity index (χ3n) is 4.51. The number of imide groups is 1. The molecule has 1 aliphatic heterocycles. The summed E-state index contributed by atoms with van der Waals surface area (Å²) in [4.78, 5) is 40.0. The number of amides is 4. The van der Waals surface area contributed by atoms with Crippen LogP contribution in [0.4, 0.5) is 16.2 Å². The molecule has 0 saturated carbocycles. The number of hydrogen-bond donors (Lipinski definition) is 1. The fraction of sp³-hybridized carbons (Fsp3) is 0.286. The van der Waals surface area contributed by atoms with Crippen LogP contribution in [0.1, 0.15) is 19.4 Å². The van der Waals surface area contributed by atoms with Crippen LogP contribution in [0.5, 0.6) is 5.75 Å². The zero-order valence-electron chi connectivity index (χ0n) is 16.1. The summed E-state index contributed by atoms with van der Waals surface area (Å²) < 4.78 is 5.36. The minimum atomic E-state index is -0.659. The maximum absolute atomic E-state index is 12.8. The quantitative estimate of drug-likeness (QED) is 0.780. The molecule has 4 amide bonds. The summed E-state index contributed by atoms with van der Waals surface area (Å²) in [7, 11) is 0. The molecule has 7 heteroatoms. The minimum Gasteiger partial charge on any atom is -0.494 e. The summed E-state index contributed by atoms with van der Waals surface area (Å²) in [5.74, 6) is -0.135. The Labute approximate surface area is 163 Å². The molecule has 146 valence electrons. The summed E-state index contributed by atoms with van der Waals surface area (Å²) in [6.07, 6.45) is 0. The van der Waals surface area contributed by atoms with Gasteiger partial charge in [0.1, 0.15) is 18.3 Å². The van der Waals surface area contributed by atoms with Gasteiger partial charge in [0.05, 0.1) is 6.61 Å². The number of carbonyl (C=O) groups excluding carboxylic acids is 3. The maximum atomic E-state index is 12.8. The molecule has 2 aromatic rings. The standard InChI is InChI=1S/C21H23N3O4/c1-4-28-18-11-7-16(8-12-18)22-19(25)13-23-20(26)15(3)24(21(23)27)17-9-5-14(2)6-10-17/h5-12,15H,4,13H2,1-3H3,(H,22,25)/t15-/m0/s1. The van der Waals surface area contributed by atoms with Crippen LogP contribution < -0.4 is 15.0 Å². The van der Waals surface area contributed by atoms with E-state index in [1.807, 2.05) is 26.0 Å². The highest BCUT2D eigenvalue weighted by Crippen LogP contribution is 2.26. The highest BCUT2D eigenvalue weighted by Gasteiger charge is 2.44. The molecular weight excluding hydrogens is 358 g/mol. The average Bonchev–Trinajstić information content (AvgIpc) is 2.88. The molecule has 0 spiro atoms. The van der Waals surface area contributed by atoms with Crippen LogP contribution in [0.25, 0.3) is 0 Å². The van der Waals surface area contributed by atoms with E-state index in [2.05, 4.69) is 5.32 Å². The molecule has 0 aliphatic carbocycles. The molecule has 2 aromatic carbocycles. The molecule has 1 saturated heterocycles. The van der Waals surface area contributed by atoms with Crippen LogP contribution in [-0.2, 0) is 9.59 Å². The zero-order valence-corrected chi connectivity index (χ0v) is 16.1. The predicted molar refractivity (Wildman–Crippen MR) is 106 cm³/mol. The zero-order chi connectivity index (χ0) is 20.3. The normalized spacial score (nSPS) is 16.5. The van der Waals surface area contributed by atoms with Gasteiger partial charge in [0, 0.05) is 11.4 Å². The number of nitrogens with zero attached hydrogens (tertiary/aromatic N) is 2. The van der Waals surface area contributed by atoms with Crippen LogP contribution in [0.2, 0.25) is 0 Å². The van der Waals surface area contributed by atoms with Gasteiger partial charge in [-0.05, 0) is 57.2 Å². The van der Waals surface area contributed by atoms with E-state index >= 15 is 0 Å². The molecule has 1 atom stereocenters. The van der Waals surface area contributed by atoms with E-state index in [1.54, 1.807) is 43.3 Å². The van der Waals surface area contributed by atoms with Crippen LogP contribution in [0.15, 0.2) is 48.5 Å². The van der Waals surface area contributed by atoms with Crippen molar-refractivity contribution >= 4 is 29.2 Å². The Morgan fingerprint density at radius 2 is 1.71 bits per heavy atom. The maximum Gasteiger partial charge on any atom is 0.332 e. The Bertz CT molecular complexity index is 878. The van der Waals surface area contributed by atoms with Crippen molar-refractivity contribution in [1.82, 2.24) is 4.90 Å². The molecule has 1 N–H and O–H groups in total. The van der Waals surface area contributed by atoms with Crippen molar-refractivity contribution in [2.75, 3.05) is 23.4 Å². The summed E-state index contributed by atoms with van der Waals surface area (Å²) in [6.45, 7) is 5.71. The van der Waals surface area contributed by atoms with Gasteiger partial charge in [0.15, 0.2) is 0 Å². The van der Waals surface area contributed by atoms with E-state index in [0.717, 1.165) is 10.5 Å². The second kappa shape index (κ2) is 8.12. The average molecular weight is 381 g/mol. The van der Waals surface area contributed by atoms with Gasteiger partial charge >= 0.3 is 6.03 Å². The topological polar surface area (TPSA) is 79.0 Å². The van der Waals surface area contributed by atoms with E-state index in [1.165, 1.54) is 4.90 Å². The number of benzene rings is 2. The summed E-state index contributed by atoms with van der Waals surface area (Å²) in [5, 5.41) is 2.70. The number of carbonyl (C=O) groups is 3. The van der Waals surface area contributed by atoms with Gasteiger partial charge < -0.3 is 10.1 Å². The fourth-order valence-electron chi connectivity index (χ4n) is 3.06. The van der Waals surface area contributed by atoms with Crippen LogP contribution in [0.3, 0.4) is 0 Å². The number of hydrogen-bond acceptors (Lipinski definition) is 4. The first-order chi connectivity index (χ1) is 13.4. The van der Waals surface area contributed by atoms with Crippen molar-refractivity contribution < 1.29 is 19.1 Å². The fourth-order valence-corrected chi connectivity index (χ4v) is 3.06. The van der Waals surface area contributed by atoms with Gasteiger partial charge in [-0.3, -0.25) is 19.4 Å². The second-order valence-electron chi connectivity index (χ2n) is 6.59. The molecule has 0 unspecified atom stereocenters. The Morgan fingerprint density at radius 3 is 2.32 bits per heavy atom. The minimum absolute atomic E-state index is 0.336. The molecule has 0 aromatic heterocycles. The smallest absolute Gasteiger partial charge is 0.332 e. The highest BCUT2D eigenvalue weighted by atomic mass is 16.5. The predicted octanol–water partition coefficient (Wildman–Crippen LogP) is 3.19. The lowest BCUT2D eigenvalue weighted by Gasteiger charge is -2.19. The van der Waals surface area contributed by atoms with E-state index < -0.39 is 23.9 Å². The molecule has 1 heterocycles. The SMILES string of the molecule is CCOc1ccc(NC(=O)CN2C(=O)[C@H](C)N(c3ccc(C)cc3)C2=O)cc1. The van der Waals surface area contributed by atoms with Crippen molar-refractivity contribution in [3.63, 3.8) is 0 Å². The Hall–Kier alpha value is -3.35. The van der Waals surface area contributed by atoms with Crippen molar-refractivity contribution in [3.05, 3.63) is 54.1 Å². The van der Waals surface area contributed by atoms with Crippen molar-refractivity contribution in [2.45, 2.75) is 26.8 Å². The van der Waals surface area contributed by atoms with Crippen molar-refractivity contribution in [2.24, 2.45) is 0 Å². The lowest BCUT2D eigenvalue weighted by molar-refractivity contribution is -0.130. The monoisotopic (exact) mass is 381 g/mol. The first-order valence-corrected chi connectivity index (χ1v) is 9.14. The number of aryl methyl sites for hydroxylation is 1. The molecule has 0 radical (unpaired) electrons. The number of anilines is 2. The van der Waals surface area contributed by atoms with Gasteiger partial charge in [0.2, 0.25) is 5.91 Å². The molecule has 28 heavy (non-hydrogen) atoms. The number of rotatable bonds is 6. The summed E-state index contributed by atoms with van der Waals surface area (Å²) in [5.41, 5.74) is 2.25. The number of urea groups is 1. The summed E-state index contributed by atoms with van der Waals surface area (Å²) >= 11 is 0. The van der Waals surface area contributed by atoms with Gasteiger partial charge in [-0.15, -0.1) is 0 Å². The van der Waals surface area contributed by atoms with Crippen molar-refractivity contribution in [3.8, 4) is 5.75 Å². The lowest BCUT2D eigenvalue weighted by atomic mass is 10.2. The first kappa shape index (κ1) is 19.4. The van der Waals surface area contributed by atoms with Gasteiger partial charge in [-0.2, -0.15) is 0 Å². The largest absolute Gasteiger partial charge is 0.494 e. The third kappa shape index (κ3) is 3.98. The molecular formula is C21H23N3O4. The van der Waals surface area contributed by atoms with Gasteiger partial charge in [0.25, 0.3) is 5.91 Å². The third-order valence-corrected chi connectivity index (χ3v) is 4.51. The van der Waals surface area contributed by atoms with E-state index in [-0.39, 0.29) is 6.54 Å². The summed E-state index contributed by atoms with van der Waals surface area (Å²) in [6, 6.07) is 13.1. The Morgan fingerprint density at radius 1 is 1.07 bits per heavy atom. The number of ether oxygens (including phenoxy) is 1. The van der Waals surface area contributed by atoms with Gasteiger partial charge in [-0.25, -0.2) is 4.79 Å².